The van der Waals surface area contributed by atoms with Crippen molar-refractivity contribution >= 4 is 40.7 Å². The first-order chi connectivity index (χ1) is 11.6. The molecule has 0 unspecified atom stereocenters. The van der Waals surface area contributed by atoms with Gasteiger partial charge in [-0.15, -0.1) is 0 Å². The van der Waals surface area contributed by atoms with Gasteiger partial charge < -0.3 is 10.2 Å². The number of benzene rings is 2. The number of carbonyl (C=O) groups is 2. The Morgan fingerprint density at radius 3 is 2.54 bits per heavy atom. The summed E-state index contributed by atoms with van der Waals surface area (Å²) in [5.74, 6) is -1.12. The van der Waals surface area contributed by atoms with E-state index in [4.69, 9.17) is 23.2 Å². The third kappa shape index (κ3) is 3.55. The van der Waals surface area contributed by atoms with Gasteiger partial charge in [0.15, 0.2) is 0 Å². The quantitative estimate of drug-likeness (QED) is 0.843. The third-order valence-corrected chi connectivity index (χ3v) is 4.69. The lowest BCUT2D eigenvalue weighted by Crippen LogP contribution is -2.36. The van der Waals surface area contributed by atoms with Gasteiger partial charge >= 0.3 is 0 Å². The standard InChI is InChI=1S/C18H16Cl2N2O2/c19-13-5-7-14(8-6-13)22-10-9-15(18(22)24)17(23)21-11-12-3-1-2-4-16(12)20/h1-8,15H,9-11H2,(H,21,23)/t15-/m0/s1. The number of anilines is 1. The second kappa shape index (κ2) is 7.24. The van der Waals surface area contributed by atoms with Crippen LogP contribution in [0.4, 0.5) is 5.69 Å². The van der Waals surface area contributed by atoms with Crippen LogP contribution in [0.1, 0.15) is 12.0 Å². The third-order valence-electron chi connectivity index (χ3n) is 4.07. The molecule has 1 heterocycles. The molecule has 1 fully saturated rings. The molecule has 6 heteroatoms. The van der Waals surface area contributed by atoms with Gasteiger partial charge in [0.1, 0.15) is 5.92 Å². The molecule has 2 amide bonds. The number of carbonyl (C=O) groups excluding carboxylic acids is 2. The normalized spacial score (nSPS) is 17.2. The Kier molecular flexibility index (Phi) is 5.07. The Morgan fingerprint density at radius 2 is 1.83 bits per heavy atom. The molecule has 24 heavy (non-hydrogen) atoms. The zero-order valence-electron chi connectivity index (χ0n) is 12.8. The second-order valence-electron chi connectivity index (χ2n) is 5.62. The minimum Gasteiger partial charge on any atom is -0.351 e. The van der Waals surface area contributed by atoms with E-state index in [1.807, 2.05) is 18.2 Å². The molecule has 1 atom stereocenters. The van der Waals surface area contributed by atoms with Gasteiger partial charge in [-0.1, -0.05) is 41.4 Å². The lowest BCUT2D eigenvalue weighted by molar-refractivity contribution is -0.132. The minimum atomic E-state index is -0.664. The Morgan fingerprint density at radius 1 is 1.12 bits per heavy atom. The lowest BCUT2D eigenvalue weighted by atomic mass is 10.1. The molecule has 3 rings (SSSR count). The molecule has 1 N–H and O–H groups in total. The highest BCUT2D eigenvalue weighted by molar-refractivity contribution is 6.31. The molecule has 2 aromatic carbocycles. The maximum atomic E-state index is 12.5. The summed E-state index contributed by atoms with van der Waals surface area (Å²) in [6.07, 6.45) is 0.496. The molecule has 0 aromatic heterocycles. The number of hydrogen-bond acceptors (Lipinski definition) is 2. The summed E-state index contributed by atoms with van der Waals surface area (Å²) in [5.41, 5.74) is 1.58. The summed E-state index contributed by atoms with van der Waals surface area (Å²) in [4.78, 5) is 26.5. The maximum absolute atomic E-state index is 12.5. The molecule has 0 spiro atoms. The van der Waals surface area contributed by atoms with E-state index in [1.54, 1.807) is 35.2 Å². The predicted molar refractivity (Wildman–Crippen MR) is 95.2 cm³/mol. The van der Waals surface area contributed by atoms with E-state index in [0.717, 1.165) is 11.3 Å². The van der Waals surface area contributed by atoms with Crippen molar-refractivity contribution in [2.45, 2.75) is 13.0 Å². The van der Waals surface area contributed by atoms with Crippen LogP contribution in [0.3, 0.4) is 0 Å². The summed E-state index contributed by atoms with van der Waals surface area (Å²) in [6, 6.07) is 14.3. The van der Waals surface area contributed by atoms with Crippen LogP contribution in [-0.4, -0.2) is 18.4 Å². The number of amides is 2. The van der Waals surface area contributed by atoms with Crippen LogP contribution in [-0.2, 0) is 16.1 Å². The van der Waals surface area contributed by atoms with Crippen molar-refractivity contribution < 1.29 is 9.59 Å². The smallest absolute Gasteiger partial charge is 0.239 e. The fourth-order valence-electron chi connectivity index (χ4n) is 2.75. The molecule has 0 aliphatic carbocycles. The maximum Gasteiger partial charge on any atom is 0.239 e. The zero-order chi connectivity index (χ0) is 17.1. The summed E-state index contributed by atoms with van der Waals surface area (Å²) in [5, 5.41) is 4.01. The Bertz CT molecular complexity index is 762. The Labute approximate surface area is 150 Å². The highest BCUT2D eigenvalue weighted by Crippen LogP contribution is 2.26. The molecule has 0 saturated carbocycles. The van der Waals surface area contributed by atoms with Crippen molar-refractivity contribution in [2.75, 3.05) is 11.4 Å². The van der Waals surface area contributed by atoms with E-state index < -0.39 is 5.92 Å². The topological polar surface area (TPSA) is 49.4 Å². The van der Waals surface area contributed by atoms with Gasteiger partial charge in [0.05, 0.1) is 0 Å². The van der Waals surface area contributed by atoms with Crippen molar-refractivity contribution in [1.29, 1.82) is 0 Å². The van der Waals surface area contributed by atoms with Crippen molar-refractivity contribution in [3.63, 3.8) is 0 Å². The van der Waals surface area contributed by atoms with Crippen molar-refractivity contribution in [3.8, 4) is 0 Å². The lowest BCUT2D eigenvalue weighted by Gasteiger charge is -2.17. The first-order valence-corrected chi connectivity index (χ1v) is 8.40. The van der Waals surface area contributed by atoms with Crippen LogP contribution in [0.25, 0.3) is 0 Å². The molecule has 124 valence electrons. The van der Waals surface area contributed by atoms with E-state index in [-0.39, 0.29) is 11.8 Å². The minimum absolute atomic E-state index is 0.186. The van der Waals surface area contributed by atoms with E-state index in [9.17, 15) is 9.59 Å². The molecule has 2 aromatic rings. The van der Waals surface area contributed by atoms with Crippen LogP contribution in [0.5, 0.6) is 0 Å². The first kappa shape index (κ1) is 16.8. The van der Waals surface area contributed by atoms with Gasteiger partial charge in [0.2, 0.25) is 11.8 Å². The molecule has 1 saturated heterocycles. The zero-order valence-corrected chi connectivity index (χ0v) is 14.3. The highest BCUT2D eigenvalue weighted by Gasteiger charge is 2.37. The molecular formula is C18H16Cl2N2O2. The summed E-state index contributed by atoms with van der Waals surface area (Å²) < 4.78 is 0. The van der Waals surface area contributed by atoms with Gasteiger partial charge in [-0.05, 0) is 42.3 Å². The van der Waals surface area contributed by atoms with Crippen LogP contribution in [0.15, 0.2) is 48.5 Å². The second-order valence-corrected chi connectivity index (χ2v) is 6.46. The van der Waals surface area contributed by atoms with Gasteiger partial charge in [-0.25, -0.2) is 0 Å². The number of hydrogen-bond donors (Lipinski definition) is 1. The first-order valence-electron chi connectivity index (χ1n) is 7.64. The van der Waals surface area contributed by atoms with E-state index >= 15 is 0 Å². The van der Waals surface area contributed by atoms with Crippen LogP contribution < -0.4 is 10.2 Å². The largest absolute Gasteiger partial charge is 0.351 e. The molecule has 4 nitrogen and oxygen atoms in total. The predicted octanol–water partition coefficient (Wildman–Crippen LogP) is 3.66. The van der Waals surface area contributed by atoms with Crippen LogP contribution in [0, 0.1) is 5.92 Å². The molecular weight excluding hydrogens is 347 g/mol. The average Bonchev–Trinajstić information content (AvgIpc) is 2.96. The van der Waals surface area contributed by atoms with Gasteiger partial charge in [0, 0.05) is 28.8 Å². The molecule has 1 aliphatic rings. The van der Waals surface area contributed by atoms with Gasteiger partial charge in [0.25, 0.3) is 0 Å². The molecule has 0 radical (unpaired) electrons. The average molecular weight is 363 g/mol. The van der Waals surface area contributed by atoms with E-state index in [2.05, 4.69) is 5.32 Å². The fraction of sp³-hybridized carbons (Fsp3) is 0.222. The van der Waals surface area contributed by atoms with Crippen molar-refractivity contribution in [2.24, 2.45) is 5.92 Å². The van der Waals surface area contributed by atoms with Crippen LogP contribution in [0.2, 0.25) is 10.0 Å². The number of nitrogens with zero attached hydrogens (tertiary/aromatic N) is 1. The van der Waals surface area contributed by atoms with Gasteiger partial charge in [-0.3, -0.25) is 9.59 Å². The summed E-state index contributed by atoms with van der Waals surface area (Å²) in [7, 11) is 0. The summed E-state index contributed by atoms with van der Waals surface area (Å²) >= 11 is 11.9. The Hall–Kier alpha value is -2.04. The fourth-order valence-corrected chi connectivity index (χ4v) is 3.08. The summed E-state index contributed by atoms with van der Waals surface area (Å²) in [6.45, 7) is 0.827. The van der Waals surface area contributed by atoms with E-state index in [1.165, 1.54) is 0 Å². The number of halogens is 2. The van der Waals surface area contributed by atoms with Crippen molar-refractivity contribution in [1.82, 2.24) is 5.32 Å². The van der Waals surface area contributed by atoms with Crippen LogP contribution >= 0.6 is 23.2 Å². The SMILES string of the molecule is O=C(NCc1ccccc1Cl)[C@@H]1CCN(c2ccc(Cl)cc2)C1=O. The molecule has 0 bridgehead atoms. The monoisotopic (exact) mass is 362 g/mol. The van der Waals surface area contributed by atoms with Crippen molar-refractivity contribution in [3.05, 3.63) is 64.1 Å². The number of rotatable bonds is 4. The highest BCUT2D eigenvalue weighted by atomic mass is 35.5. The molecule has 1 aliphatic heterocycles. The van der Waals surface area contributed by atoms with Gasteiger partial charge in [-0.2, -0.15) is 0 Å². The Balaban J connectivity index is 1.63. The van der Waals surface area contributed by atoms with E-state index in [0.29, 0.717) is 29.6 Å². The number of nitrogens with one attached hydrogen (secondary N) is 1.